The van der Waals surface area contributed by atoms with Gasteiger partial charge in [0.25, 0.3) is 5.91 Å². The number of aryl methyl sites for hydroxylation is 1. The summed E-state index contributed by atoms with van der Waals surface area (Å²) in [6, 6.07) is 1.15. The lowest BCUT2D eigenvalue weighted by Gasteiger charge is -2.06. The summed E-state index contributed by atoms with van der Waals surface area (Å²) in [5.41, 5.74) is -0.327. The Labute approximate surface area is 114 Å². The molecule has 0 aromatic carbocycles. The molecule has 0 bridgehead atoms. The number of pyridine rings is 1. The lowest BCUT2D eigenvalue weighted by atomic mass is 10.2. The van der Waals surface area contributed by atoms with E-state index in [1.165, 1.54) is 0 Å². The van der Waals surface area contributed by atoms with E-state index >= 15 is 0 Å². The Kier molecular flexibility index (Phi) is 4.75. The standard InChI is InChI=1S/C13H14F2N4O/c14-11-10(3-5-17-12(11)15)13(20)18-4-1-2-7-19-8-6-16-9-19/h3,5-6,8-9H,1-2,4,7H2,(H,18,20). The predicted molar refractivity (Wildman–Crippen MR) is 67.9 cm³/mol. The summed E-state index contributed by atoms with van der Waals surface area (Å²) in [7, 11) is 0. The van der Waals surface area contributed by atoms with Crippen molar-refractivity contribution in [2.45, 2.75) is 19.4 Å². The summed E-state index contributed by atoms with van der Waals surface area (Å²) in [5, 5.41) is 2.55. The Balaban J connectivity index is 1.74. The van der Waals surface area contributed by atoms with E-state index in [2.05, 4.69) is 15.3 Å². The zero-order chi connectivity index (χ0) is 14.4. The van der Waals surface area contributed by atoms with E-state index < -0.39 is 17.7 Å². The van der Waals surface area contributed by atoms with E-state index in [-0.39, 0.29) is 5.56 Å². The van der Waals surface area contributed by atoms with Gasteiger partial charge in [0, 0.05) is 31.7 Å². The van der Waals surface area contributed by atoms with Crippen molar-refractivity contribution in [1.29, 1.82) is 0 Å². The summed E-state index contributed by atoms with van der Waals surface area (Å²) in [6.07, 6.45) is 7.92. The van der Waals surface area contributed by atoms with Gasteiger partial charge in [-0.05, 0) is 18.9 Å². The molecule has 0 radical (unpaired) electrons. The van der Waals surface area contributed by atoms with Crippen molar-refractivity contribution in [2.24, 2.45) is 0 Å². The zero-order valence-electron chi connectivity index (χ0n) is 10.7. The summed E-state index contributed by atoms with van der Waals surface area (Å²) in [6.45, 7) is 1.20. The minimum atomic E-state index is -1.27. The Morgan fingerprint density at radius 2 is 2.15 bits per heavy atom. The lowest BCUT2D eigenvalue weighted by Crippen LogP contribution is -2.26. The largest absolute Gasteiger partial charge is 0.352 e. The van der Waals surface area contributed by atoms with Gasteiger partial charge in [0.05, 0.1) is 11.9 Å². The highest BCUT2D eigenvalue weighted by atomic mass is 19.2. The molecule has 20 heavy (non-hydrogen) atoms. The third-order valence-electron chi connectivity index (χ3n) is 2.78. The number of nitrogens with one attached hydrogen (secondary N) is 1. The van der Waals surface area contributed by atoms with Crippen LogP contribution in [0.2, 0.25) is 0 Å². The molecule has 2 rings (SSSR count). The molecule has 2 heterocycles. The number of hydrogen-bond acceptors (Lipinski definition) is 3. The van der Waals surface area contributed by atoms with E-state index in [4.69, 9.17) is 0 Å². The molecule has 5 nitrogen and oxygen atoms in total. The molecule has 0 spiro atoms. The number of amides is 1. The minimum absolute atomic E-state index is 0.327. The molecule has 0 aliphatic carbocycles. The van der Waals surface area contributed by atoms with Crippen molar-refractivity contribution >= 4 is 5.91 Å². The number of rotatable bonds is 6. The molecular formula is C13H14F2N4O. The molecule has 0 aliphatic heterocycles. The Morgan fingerprint density at radius 1 is 1.30 bits per heavy atom. The van der Waals surface area contributed by atoms with Gasteiger partial charge in [-0.25, -0.2) is 14.4 Å². The third kappa shape index (κ3) is 3.59. The molecule has 2 aromatic rings. The van der Waals surface area contributed by atoms with Gasteiger partial charge in [0.15, 0.2) is 5.82 Å². The summed E-state index contributed by atoms with van der Waals surface area (Å²) < 4.78 is 28.1. The van der Waals surface area contributed by atoms with Crippen LogP contribution in [0.3, 0.4) is 0 Å². The van der Waals surface area contributed by atoms with Crippen LogP contribution in [0.15, 0.2) is 31.0 Å². The average Bonchev–Trinajstić information content (AvgIpc) is 2.94. The predicted octanol–water partition coefficient (Wildman–Crippen LogP) is 1.77. The van der Waals surface area contributed by atoms with Crippen molar-refractivity contribution in [1.82, 2.24) is 19.9 Å². The normalized spacial score (nSPS) is 10.5. The van der Waals surface area contributed by atoms with E-state index in [9.17, 15) is 13.6 Å². The SMILES string of the molecule is O=C(NCCCCn1ccnc1)c1ccnc(F)c1F. The van der Waals surface area contributed by atoms with Gasteiger partial charge >= 0.3 is 0 Å². The fourth-order valence-corrected chi connectivity index (χ4v) is 1.73. The van der Waals surface area contributed by atoms with Crippen LogP contribution in [0, 0.1) is 11.8 Å². The van der Waals surface area contributed by atoms with Crippen LogP contribution in [0.5, 0.6) is 0 Å². The van der Waals surface area contributed by atoms with Crippen LogP contribution in [-0.2, 0) is 6.54 Å². The minimum Gasteiger partial charge on any atom is -0.352 e. The average molecular weight is 280 g/mol. The Morgan fingerprint density at radius 3 is 2.90 bits per heavy atom. The van der Waals surface area contributed by atoms with Crippen molar-refractivity contribution in [3.8, 4) is 0 Å². The maximum absolute atomic E-state index is 13.3. The fraction of sp³-hybridized carbons (Fsp3) is 0.308. The number of carbonyl (C=O) groups is 1. The zero-order valence-corrected chi connectivity index (χ0v) is 10.7. The molecule has 0 aliphatic rings. The smallest absolute Gasteiger partial charge is 0.254 e. The van der Waals surface area contributed by atoms with Gasteiger partial charge < -0.3 is 9.88 Å². The Bertz CT molecular complexity index is 572. The number of aromatic nitrogens is 3. The Hall–Kier alpha value is -2.31. The highest BCUT2D eigenvalue weighted by Crippen LogP contribution is 2.08. The second-order valence-corrected chi connectivity index (χ2v) is 4.23. The van der Waals surface area contributed by atoms with E-state index in [1.807, 2.05) is 10.8 Å². The van der Waals surface area contributed by atoms with E-state index in [1.54, 1.807) is 12.5 Å². The van der Waals surface area contributed by atoms with Crippen LogP contribution in [0.25, 0.3) is 0 Å². The van der Waals surface area contributed by atoms with Crippen LogP contribution >= 0.6 is 0 Å². The van der Waals surface area contributed by atoms with Gasteiger partial charge in [0.1, 0.15) is 0 Å². The number of nitrogens with zero attached hydrogens (tertiary/aromatic N) is 3. The van der Waals surface area contributed by atoms with Crippen molar-refractivity contribution in [3.05, 3.63) is 48.3 Å². The number of unbranched alkanes of at least 4 members (excludes halogenated alkanes) is 1. The molecule has 1 amide bonds. The number of halogens is 2. The third-order valence-corrected chi connectivity index (χ3v) is 2.78. The number of imidazole rings is 1. The van der Waals surface area contributed by atoms with E-state index in [0.717, 1.165) is 31.6 Å². The fourth-order valence-electron chi connectivity index (χ4n) is 1.73. The lowest BCUT2D eigenvalue weighted by molar-refractivity contribution is 0.0947. The summed E-state index contributed by atoms with van der Waals surface area (Å²) >= 11 is 0. The van der Waals surface area contributed by atoms with Crippen LogP contribution < -0.4 is 5.32 Å². The summed E-state index contributed by atoms with van der Waals surface area (Å²) in [4.78, 5) is 18.7. The molecule has 106 valence electrons. The first-order valence-electron chi connectivity index (χ1n) is 6.22. The molecule has 0 saturated carbocycles. The van der Waals surface area contributed by atoms with Crippen LogP contribution in [0.1, 0.15) is 23.2 Å². The molecule has 0 unspecified atom stereocenters. The van der Waals surface area contributed by atoms with Gasteiger partial charge in [-0.3, -0.25) is 4.79 Å². The van der Waals surface area contributed by atoms with Gasteiger partial charge in [0.2, 0.25) is 5.95 Å². The van der Waals surface area contributed by atoms with E-state index in [0.29, 0.717) is 6.54 Å². The van der Waals surface area contributed by atoms with Gasteiger partial charge in [-0.2, -0.15) is 4.39 Å². The monoisotopic (exact) mass is 280 g/mol. The molecule has 0 atom stereocenters. The second kappa shape index (κ2) is 6.74. The maximum Gasteiger partial charge on any atom is 0.254 e. The molecule has 7 heteroatoms. The molecule has 1 N–H and O–H groups in total. The first-order valence-corrected chi connectivity index (χ1v) is 6.22. The van der Waals surface area contributed by atoms with Gasteiger partial charge in [-0.15, -0.1) is 0 Å². The quantitative estimate of drug-likeness (QED) is 0.648. The first-order chi connectivity index (χ1) is 9.68. The van der Waals surface area contributed by atoms with Crippen molar-refractivity contribution < 1.29 is 13.6 Å². The number of hydrogen-bond donors (Lipinski definition) is 1. The highest BCUT2D eigenvalue weighted by Gasteiger charge is 2.15. The second-order valence-electron chi connectivity index (χ2n) is 4.23. The first kappa shape index (κ1) is 14.1. The van der Waals surface area contributed by atoms with Crippen molar-refractivity contribution in [2.75, 3.05) is 6.54 Å². The topological polar surface area (TPSA) is 59.8 Å². The molecule has 2 aromatic heterocycles. The van der Waals surface area contributed by atoms with Crippen LogP contribution in [0.4, 0.5) is 8.78 Å². The summed E-state index contributed by atoms with van der Waals surface area (Å²) in [5.74, 6) is -3.12. The molecule has 0 saturated heterocycles. The molecular weight excluding hydrogens is 266 g/mol. The van der Waals surface area contributed by atoms with Gasteiger partial charge in [-0.1, -0.05) is 0 Å². The highest BCUT2D eigenvalue weighted by molar-refractivity contribution is 5.94. The van der Waals surface area contributed by atoms with Crippen molar-refractivity contribution in [3.63, 3.8) is 0 Å². The molecule has 0 fully saturated rings. The van der Waals surface area contributed by atoms with Crippen LogP contribution in [-0.4, -0.2) is 27.0 Å². The maximum atomic E-state index is 13.3. The number of carbonyl (C=O) groups excluding carboxylic acids is 1.